The van der Waals surface area contributed by atoms with E-state index in [1.54, 1.807) is 0 Å². The number of ether oxygens (including phenoxy) is 1. The van der Waals surface area contributed by atoms with Crippen molar-refractivity contribution in [3.63, 3.8) is 0 Å². The Kier molecular flexibility index (Phi) is 5.26. The largest absolute Gasteiger partial charge is 0.490 e. The third-order valence-electron chi connectivity index (χ3n) is 4.08. The van der Waals surface area contributed by atoms with Crippen LogP contribution in [0, 0.1) is 5.92 Å². The van der Waals surface area contributed by atoms with Gasteiger partial charge in [0.25, 0.3) is 0 Å². The molecule has 2 rings (SSSR count). The summed E-state index contributed by atoms with van der Waals surface area (Å²) in [6, 6.07) is 8.83. The van der Waals surface area contributed by atoms with Crippen LogP contribution in [-0.2, 0) is 6.42 Å². The van der Waals surface area contributed by atoms with Gasteiger partial charge in [-0.15, -0.1) is 0 Å². The zero-order valence-corrected chi connectivity index (χ0v) is 12.3. The Hall–Kier alpha value is -1.02. The fourth-order valence-electron chi connectivity index (χ4n) is 2.67. The fraction of sp³-hybridized carbons (Fsp3) is 0.647. The molecule has 0 amide bonds. The molecular formula is C17H27NO. The zero-order chi connectivity index (χ0) is 13.7. The van der Waals surface area contributed by atoms with E-state index >= 15 is 0 Å². The van der Waals surface area contributed by atoms with E-state index in [4.69, 9.17) is 10.5 Å². The van der Waals surface area contributed by atoms with Gasteiger partial charge in [-0.3, -0.25) is 0 Å². The minimum absolute atomic E-state index is 0.278. The highest BCUT2D eigenvalue weighted by Crippen LogP contribution is 2.27. The minimum atomic E-state index is 0.278. The second-order valence-corrected chi connectivity index (χ2v) is 6.16. The summed E-state index contributed by atoms with van der Waals surface area (Å²) < 4.78 is 6.06. The Bertz CT molecular complexity index is 363. The average Bonchev–Trinajstić information content (AvgIpc) is 2.40. The molecule has 1 fully saturated rings. The number of aryl methyl sites for hydroxylation is 1. The predicted molar refractivity (Wildman–Crippen MR) is 80.5 cm³/mol. The molecule has 1 atom stereocenters. The van der Waals surface area contributed by atoms with Crippen LogP contribution < -0.4 is 10.5 Å². The molecule has 19 heavy (non-hydrogen) atoms. The van der Waals surface area contributed by atoms with Crippen LogP contribution in [0.4, 0.5) is 0 Å². The van der Waals surface area contributed by atoms with E-state index in [0.29, 0.717) is 6.10 Å². The first kappa shape index (κ1) is 14.4. The van der Waals surface area contributed by atoms with Gasteiger partial charge in [-0.1, -0.05) is 19.1 Å². The highest BCUT2D eigenvalue weighted by molar-refractivity contribution is 5.27. The number of hydrogen-bond donors (Lipinski definition) is 1. The van der Waals surface area contributed by atoms with Crippen molar-refractivity contribution in [2.24, 2.45) is 11.7 Å². The zero-order valence-electron chi connectivity index (χ0n) is 12.3. The van der Waals surface area contributed by atoms with Gasteiger partial charge >= 0.3 is 0 Å². The van der Waals surface area contributed by atoms with Crippen molar-refractivity contribution in [2.45, 2.75) is 64.5 Å². The second kappa shape index (κ2) is 6.95. The first-order chi connectivity index (χ1) is 9.13. The van der Waals surface area contributed by atoms with Crippen molar-refractivity contribution in [3.8, 4) is 5.75 Å². The molecule has 0 saturated heterocycles. The summed E-state index contributed by atoms with van der Waals surface area (Å²) in [6.07, 6.45) is 7.53. The Morgan fingerprint density at radius 2 is 1.79 bits per heavy atom. The molecule has 0 heterocycles. The van der Waals surface area contributed by atoms with E-state index in [9.17, 15) is 0 Å². The van der Waals surface area contributed by atoms with Gasteiger partial charge in [0.05, 0.1) is 6.10 Å². The SMILES string of the molecule is CC(N)CCc1ccc(OC2CCC(C)CC2)cc1. The molecule has 2 nitrogen and oxygen atoms in total. The predicted octanol–water partition coefficient (Wildman–Crippen LogP) is 3.92. The smallest absolute Gasteiger partial charge is 0.119 e. The molecule has 2 N–H and O–H groups in total. The summed E-state index contributed by atoms with van der Waals surface area (Å²) in [6.45, 7) is 4.39. The van der Waals surface area contributed by atoms with E-state index in [0.717, 1.165) is 24.5 Å². The molecule has 1 aliphatic carbocycles. The van der Waals surface area contributed by atoms with Gasteiger partial charge in [-0.2, -0.15) is 0 Å². The molecule has 0 bridgehead atoms. The Labute approximate surface area is 117 Å². The van der Waals surface area contributed by atoms with E-state index < -0.39 is 0 Å². The maximum absolute atomic E-state index is 6.06. The number of hydrogen-bond acceptors (Lipinski definition) is 2. The first-order valence-electron chi connectivity index (χ1n) is 7.64. The monoisotopic (exact) mass is 261 g/mol. The molecule has 0 spiro atoms. The van der Waals surface area contributed by atoms with E-state index in [-0.39, 0.29) is 6.04 Å². The Balaban J connectivity index is 1.81. The molecule has 0 aromatic heterocycles. The van der Waals surface area contributed by atoms with E-state index in [2.05, 4.69) is 38.1 Å². The van der Waals surface area contributed by atoms with Crippen LogP contribution in [0.3, 0.4) is 0 Å². The average molecular weight is 261 g/mol. The number of rotatable bonds is 5. The van der Waals surface area contributed by atoms with Gasteiger partial charge in [0.15, 0.2) is 0 Å². The van der Waals surface area contributed by atoms with Crippen molar-refractivity contribution < 1.29 is 4.74 Å². The first-order valence-corrected chi connectivity index (χ1v) is 7.64. The van der Waals surface area contributed by atoms with Crippen LogP contribution >= 0.6 is 0 Å². The van der Waals surface area contributed by atoms with Crippen LogP contribution in [0.15, 0.2) is 24.3 Å². The van der Waals surface area contributed by atoms with Gasteiger partial charge in [-0.05, 0) is 69.1 Å². The fourth-order valence-corrected chi connectivity index (χ4v) is 2.67. The Morgan fingerprint density at radius 1 is 1.16 bits per heavy atom. The van der Waals surface area contributed by atoms with Gasteiger partial charge < -0.3 is 10.5 Å². The molecule has 2 heteroatoms. The van der Waals surface area contributed by atoms with Crippen molar-refractivity contribution in [2.75, 3.05) is 0 Å². The van der Waals surface area contributed by atoms with Crippen molar-refractivity contribution >= 4 is 0 Å². The van der Waals surface area contributed by atoms with Crippen LogP contribution in [0.2, 0.25) is 0 Å². The second-order valence-electron chi connectivity index (χ2n) is 6.16. The highest BCUT2D eigenvalue weighted by atomic mass is 16.5. The summed E-state index contributed by atoms with van der Waals surface area (Å²) in [4.78, 5) is 0. The lowest BCUT2D eigenvalue weighted by Crippen LogP contribution is -2.22. The molecule has 1 aliphatic rings. The van der Waals surface area contributed by atoms with Gasteiger partial charge in [0.2, 0.25) is 0 Å². The molecule has 0 radical (unpaired) electrons. The van der Waals surface area contributed by atoms with Crippen LogP contribution in [0.25, 0.3) is 0 Å². The normalized spacial score (nSPS) is 25.0. The third-order valence-corrected chi connectivity index (χ3v) is 4.08. The lowest BCUT2D eigenvalue weighted by Gasteiger charge is -2.26. The Morgan fingerprint density at radius 3 is 2.37 bits per heavy atom. The molecular weight excluding hydrogens is 234 g/mol. The summed E-state index contributed by atoms with van der Waals surface area (Å²) in [5, 5.41) is 0. The van der Waals surface area contributed by atoms with E-state index in [1.165, 1.54) is 31.2 Å². The van der Waals surface area contributed by atoms with Crippen LogP contribution in [0.1, 0.15) is 51.5 Å². The van der Waals surface area contributed by atoms with Gasteiger partial charge in [-0.25, -0.2) is 0 Å². The molecule has 1 aromatic carbocycles. The summed E-state index contributed by atoms with van der Waals surface area (Å²) in [7, 11) is 0. The molecule has 1 aromatic rings. The van der Waals surface area contributed by atoms with Crippen molar-refractivity contribution in [3.05, 3.63) is 29.8 Å². The quantitative estimate of drug-likeness (QED) is 0.871. The lowest BCUT2D eigenvalue weighted by molar-refractivity contribution is 0.135. The van der Waals surface area contributed by atoms with Crippen LogP contribution in [0.5, 0.6) is 5.75 Å². The summed E-state index contributed by atoms with van der Waals surface area (Å²) in [5.74, 6) is 1.89. The number of nitrogens with two attached hydrogens (primary N) is 1. The van der Waals surface area contributed by atoms with Crippen molar-refractivity contribution in [1.29, 1.82) is 0 Å². The number of benzene rings is 1. The molecule has 106 valence electrons. The topological polar surface area (TPSA) is 35.2 Å². The van der Waals surface area contributed by atoms with E-state index in [1.807, 2.05) is 0 Å². The molecule has 0 aliphatic heterocycles. The van der Waals surface area contributed by atoms with Crippen molar-refractivity contribution in [1.82, 2.24) is 0 Å². The van der Waals surface area contributed by atoms with Crippen LogP contribution in [-0.4, -0.2) is 12.1 Å². The standard InChI is InChI=1S/C17H27NO/c1-13-3-9-16(10-4-13)19-17-11-7-15(8-12-17)6-5-14(2)18/h7-8,11-14,16H,3-6,9-10,18H2,1-2H3. The third kappa shape index (κ3) is 4.87. The maximum atomic E-state index is 6.06. The lowest BCUT2D eigenvalue weighted by atomic mass is 9.89. The van der Waals surface area contributed by atoms with Gasteiger partial charge in [0, 0.05) is 6.04 Å². The highest BCUT2D eigenvalue weighted by Gasteiger charge is 2.19. The summed E-state index contributed by atoms with van der Waals surface area (Å²) >= 11 is 0. The molecule has 1 unspecified atom stereocenters. The maximum Gasteiger partial charge on any atom is 0.119 e. The molecule has 1 saturated carbocycles. The van der Waals surface area contributed by atoms with Gasteiger partial charge in [0.1, 0.15) is 5.75 Å². The minimum Gasteiger partial charge on any atom is -0.490 e. The summed E-state index contributed by atoms with van der Waals surface area (Å²) in [5.41, 5.74) is 7.13.